The minimum absolute atomic E-state index is 0.0707. The molecular formula is C21H21FN4O4. The zero-order valence-corrected chi connectivity index (χ0v) is 16.4. The van der Waals surface area contributed by atoms with Gasteiger partial charge >= 0.3 is 5.97 Å². The predicted molar refractivity (Wildman–Crippen MR) is 107 cm³/mol. The summed E-state index contributed by atoms with van der Waals surface area (Å²) in [5.74, 6) is -0.205. The summed E-state index contributed by atoms with van der Waals surface area (Å²) in [6, 6.07) is 15.1. The topological polar surface area (TPSA) is 80.1 Å². The fourth-order valence-electron chi connectivity index (χ4n) is 3.20. The van der Waals surface area contributed by atoms with E-state index in [2.05, 4.69) is 5.10 Å². The number of rotatable bonds is 7. The van der Waals surface area contributed by atoms with Gasteiger partial charge in [0.2, 0.25) is 0 Å². The van der Waals surface area contributed by atoms with Gasteiger partial charge in [-0.2, -0.15) is 15.1 Å². The summed E-state index contributed by atoms with van der Waals surface area (Å²) in [5, 5.41) is 17.3. The summed E-state index contributed by atoms with van der Waals surface area (Å²) >= 11 is 0. The third kappa shape index (κ3) is 4.42. The van der Waals surface area contributed by atoms with E-state index >= 15 is 0 Å². The third-order valence-electron chi connectivity index (χ3n) is 4.77. The van der Waals surface area contributed by atoms with Crippen molar-refractivity contribution in [2.75, 3.05) is 25.3 Å². The van der Waals surface area contributed by atoms with Gasteiger partial charge in [-0.3, -0.25) is 4.68 Å². The molecule has 1 aliphatic heterocycles. The zero-order chi connectivity index (χ0) is 21.1. The van der Waals surface area contributed by atoms with Crippen LogP contribution in [0.5, 0.6) is 5.75 Å². The number of aromatic carboxylic acids is 1. The summed E-state index contributed by atoms with van der Waals surface area (Å²) in [7, 11) is 1.59. The van der Waals surface area contributed by atoms with E-state index in [9.17, 15) is 14.3 Å². The number of carbonyl (C=O) groups is 1. The number of benzene rings is 2. The second-order valence-electron chi connectivity index (χ2n) is 6.87. The van der Waals surface area contributed by atoms with Crippen LogP contribution in [0, 0.1) is 5.82 Å². The van der Waals surface area contributed by atoms with Crippen LogP contribution in [0.3, 0.4) is 0 Å². The zero-order valence-electron chi connectivity index (χ0n) is 16.4. The van der Waals surface area contributed by atoms with E-state index in [0.29, 0.717) is 32.0 Å². The second kappa shape index (κ2) is 8.52. The smallest absolute Gasteiger partial charge is 0.354 e. The SMILES string of the molecule is COc1ccc(Cn2nc(N3CCN(Cc4ccc(F)cc4)O3)cc2C(=O)O)cc1. The van der Waals surface area contributed by atoms with Crippen molar-refractivity contribution in [1.82, 2.24) is 14.8 Å². The first-order valence-corrected chi connectivity index (χ1v) is 9.41. The molecule has 1 aliphatic rings. The fraction of sp³-hybridized carbons (Fsp3) is 0.238. The number of hydroxylamine groups is 3. The Morgan fingerprint density at radius 2 is 1.77 bits per heavy atom. The number of nitrogens with zero attached hydrogens (tertiary/aromatic N) is 4. The van der Waals surface area contributed by atoms with Crippen LogP contribution in [-0.2, 0) is 18.0 Å². The van der Waals surface area contributed by atoms with Gasteiger partial charge in [-0.25, -0.2) is 14.2 Å². The quantitative estimate of drug-likeness (QED) is 0.639. The molecule has 30 heavy (non-hydrogen) atoms. The minimum atomic E-state index is -1.07. The predicted octanol–water partition coefficient (Wildman–Crippen LogP) is 2.95. The van der Waals surface area contributed by atoms with E-state index in [1.165, 1.54) is 22.9 Å². The van der Waals surface area contributed by atoms with Crippen molar-refractivity contribution in [3.63, 3.8) is 0 Å². The summed E-state index contributed by atoms with van der Waals surface area (Å²) in [4.78, 5) is 17.5. The van der Waals surface area contributed by atoms with Crippen LogP contribution in [0.2, 0.25) is 0 Å². The molecule has 3 aromatic rings. The van der Waals surface area contributed by atoms with Gasteiger partial charge < -0.3 is 9.84 Å². The number of halogens is 1. The lowest BCUT2D eigenvalue weighted by molar-refractivity contribution is -0.131. The Morgan fingerprint density at radius 3 is 2.43 bits per heavy atom. The number of hydrogen-bond donors (Lipinski definition) is 1. The number of hydrogen-bond acceptors (Lipinski definition) is 6. The standard InChI is InChI=1S/C21H21FN4O4/c1-29-18-8-4-16(5-9-18)14-25-19(21(27)28)12-20(23-25)26-11-10-24(30-26)13-15-2-6-17(22)7-3-15/h2-9,12H,10-11,13-14H2,1H3,(H,27,28). The number of ether oxygens (including phenoxy) is 1. The Hall–Kier alpha value is -3.43. The molecular weight excluding hydrogens is 391 g/mol. The molecule has 1 fully saturated rings. The molecule has 156 valence electrons. The molecule has 1 aromatic heterocycles. The molecule has 0 spiro atoms. The van der Waals surface area contributed by atoms with Crippen LogP contribution < -0.4 is 9.80 Å². The molecule has 4 rings (SSSR count). The van der Waals surface area contributed by atoms with Gasteiger partial charge in [-0.1, -0.05) is 24.3 Å². The molecule has 8 nitrogen and oxygen atoms in total. The maximum Gasteiger partial charge on any atom is 0.354 e. The van der Waals surface area contributed by atoms with Gasteiger partial charge in [0.25, 0.3) is 0 Å². The normalized spacial score (nSPS) is 14.3. The summed E-state index contributed by atoms with van der Waals surface area (Å²) in [6.07, 6.45) is 0. The fourth-order valence-corrected chi connectivity index (χ4v) is 3.20. The third-order valence-corrected chi connectivity index (χ3v) is 4.77. The maximum absolute atomic E-state index is 13.1. The van der Waals surface area contributed by atoms with Crippen LogP contribution in [0.4, 0.5) is 10.2 Å². The molecule has 0 atom stereocenters. The summed E-state index contributed by atoms with van der Waals surface area (Å²) < 4.78 is 19.6. The van der Waals surface area contributed by atoms with E-state index in [-0.39, 0.29) is 11.5 Å². The number of carboxylic acid groups (broad SMARTS) is 1. The van der Waals surface area contributed by atoms with Crippen LogP contribution >= 0.6 is 0 Å². The Bertz CT molecular complexity index is 1020. The van der Waals surface area contributed by atoms with Gasteiger partial charge in [0.05, 0.1) is 26.7 Å². The van der Waals surface area contributed by atoms with E-state index in [0.717, 1.165) is 16.9 Å². The highest BCUT2D eigenvalue weighted by Crippen LogP contribution is 2.22. The molecule has 1 N–H and O–H groups in total. The molecule has 0 saturated carbocycles. The first-order chi connectivity index (χ1) is 14.5. The lowest BCUT2D eigenvalue weighted by atomic mass is 10.2. The van der Waals surface area contributed by atoms with Gasteiger partial charge in [0.15, 0.2) is 5.82 Å². The van der Waals surface area contributed by atoms with Crippen molar-refractivity contribution in [2.24, 2.45) is 0 Å². The van der Waals surface area contributed by atoms with Crippen molar-refractivity contribution in [1.29, 1.82) is 0 Å². The molecule has 0 radical (unpaired) electrons. The Labute approximate surface area is 172 Å². The van der Waals surface area contributed by atoms with Crippen LogP contribution in [0.25, 0.3) is 0 Å². The first-order valence-electron chi connectivity index (χ1n) is 9.41. The highest BCUT2D eigenvalue weighted by atomic mass is 19.1. The van der Waals surface area contributed by atoms with Gasteiger partial charge in [0, 0.05) is 12.6 Å². The number of aromatic nitrogens is 2. The van der Waals surface area contributed by atoms with Gasteiger partial charge in [-0.05, 0) is 35.4 Å². The highest BCUT2D eigenvalue weighted by Gasteiger charge is 2.26. The molecule has 0 unspecified atom stereocenters. The largest absolute Gasteiger partial charge is 0.497 e. The Morgan fingerprint density at radius 1 is 1.10 bits per heavy atom. The van der Waals surface area contributed by atoms with E-state index in [4.69, 9.17) is 9.68 Å². The summed E-state index contributed by atoms with van der Waals surface area (Å²) in [5.41, 5.74) is 1.88. The monoisotopic (exact) mass is 412 g/mol. The molecule has 0 aliphatic carbocycles. The van der Waals surface area contributed by atoms with Crippen molar-refractivity contribution in [2.45, 2.75) is 13.1 Å². The van der Waals surface area contributed by atoms with Crippen molar-refractivity contribution >= 4 is 11.8 Å². The van der Waals surface area contributed by atoms with Crippen molar-refractivity contribution in [3.8, 4) is 5.75 Å². The molecule has 2 heterocycles. The minimum Gasteiger partial charge on any atom is -0.497 e. The van der Waals surface area contributed by atoms with E-state index in [1.807, 2.05) is 24.3 Å². The number of methoxy groups -OCH3 is 1. The summed E-state index contributed by atoms with van der Waals surface area (Å²) in [6.45, 7) is 1.92. The van der Waals surface area contributed by atoms with Crippen LogP contribution in [-0.4, -0.2) is 46.1 Å². The van der Waals surface area contributed by atoms with Gasteiger partial charge in [-0.15, -0.1) is 0 Å². The van der Waals surface area contributed by atoms with Crippen LogP contribution in [0.15, 0.2) is 54.6 Å². The highest BCUT2D eigenvalue weighted by molar-refractivity contribution is 5.86. The van der Waals surface area contributed by atoms with Crippen molar-refractivity contribution < 1.29 is 24.0 Å². The second-order valence-corrected chi connectivity index (χ2v) is 6.87. The number of carboxylic acids is 1. The molecule has 2 aromatic carbocycles. The van der Waals surface area contributed by atoms with E-state index < -0.39 is 5.97 Å². The maximum atomic E-state index is 13.1. The average molecular weight is 412 g/mol. The Kier molecular flexibility index (Phi) is 5.64. The molecule has 1 saturated heterocycles. The van der Waals surface area contributed by atoms with E-state index in [1.54, 1.807) is 29.4 Å². The number of anilines is 1. The molecule has 9 heteroatoms. The molecule has 0 bridgehead atoms. The first kappa shape index (κ1) is 19.9. The lowest BCUT2D eigenvalue weighted by Crippen LogP contribution is -2.22. The molecule has 0 amide bonds. The van der Waals surface area contributed by atoms with Crippen LogP contribution in [0.1, 0.15) is 21.6 Å². The van der Waals surface area contributed by atoms with Gasteiger partial charge in [0.1, 0.15) is 17.3 Å². The average Bonchev–Trinajstić information content (AvgIpc) is 3.37. The van der Waals surface area contributed by atoms with Crippen molar-refractivity contribution in [3.05, 3.63) is 77.2 Å². The Balaban J connectivity index is 1.47. The lowest BCUT2D eigenvalue weighted by Gasteiger charge is -2.16.